The zero-order valence-corrected chi connectivity index (χ0v) is 9.55. The number of carbonyl (C=O) groups excluding carboxylic acids is 1. The SMILES string of the molecule is CC1CCCN1C(=O)CCC(C)(C)N. The summed E-state index contributed by atoms with van der Waals surface area (Å²) in [6.07, 6.45) is 3.67. The van der Waals surface area contributed by atoms with Gasteiger partial charge >= 0.3 is 0 Å². The van der Waals surface area contributed by atoms with Gasteiger partial charge in [-0.15, -0.1) is 0 Å². The summed E-state index contributed by atoms with van der Waals surface area (Å²) >= 11 is 0. The van der Waals surface area contributed by atoms with Crippen LogP contribution in [0.2, 0.25) is 0 Å². The molecule has 1 atom stereocenters. The van der Waals surface area contributed by atoms with E-state index in [0.717, 1.165) is 25.8 Å². The summed E-state index contributed by atoms with van der Waals surface area (Å²) in [6, 6.07) is 0.434. The van der Waals surface area contributed by atoms with Gasteiger partial charge in [0.1, 0.15) is 0 Å². The summed E-state index contributed by atoms with van der Waals surface area (Å²) in [4.78, 5) is 13.8. The van der Waals surface area contributed by atoms with Crippen molar-refractivity contribution in [1.29, 1.82) is 0 Å². The van der Waals surface area contributed by atoms with Gasteiger partial charge < -0.3 is 10.6 Å². The van der Waals surface area contributed by atoms with Crippen molar-refractivity contribution in [2.24, 2.45) is 5.73 Å². The van der Waals surface area contributed by atoms with Crippen LogP contribution in [-0.4, -0.2) is 28.9 Å². The van der Waals surface area contributed by atoms with Crippen LogP contribution in [0.3, 0.4) is 0 Å². The van der Waals surface area contributed by atoms with Crippen LogP contribution in [0.5, 0.6) is 0 Å². The van der Waals surface area contributed by atoms with Crippen molar-refractivity contribution in [3.8, 4) is 0 Å². The second-order valence-corrected chi connectivity index (χ2v) is 5.07. The number of hydrogen-bond acceptors (Lipinski definition) is 2. The van der Waals surface area contributed by atoms with Crippen molar-refractivity contribution in [2.45, 2.75) is 58.0 Å². The molecule has 14 heavy (non-hydrogen) atoms. The fourth-order valence-electron chi connectivity index (χ4n) is 1.88. The van der Waals surface area contributed by atoms with Crippen LogP contribution < -0.4 is 5.73 Å². The molecule has 1 rings (SSSR count). The number of amides is 1. The summed E-state index contributed by atoms with van der Waals surface area (Å²) in [5, 5.41) is 0. The highest BCUT2D eigenvalue weighted by Crippen LogP contribution is 2.19. The Hall–Kier alpha value is -0.570. The molecule has 0 saturated carbocycles. The quantitative estimate of drug-likeness (QED) is 0.747. The van der Waals surface area contributed by atoms with Gasteiger partial charge in [-0.05, 0) is 40.0 Å². The number of nitrogens with zero attached hydrogens (tertiary/aromatic N) is 1. The van der Waals surface area contributed by atoms with Crippen LogP contribution in [0, 0.1) is 0 Å². The second-order valence-electron chi connectivity index (χ2n) is 5.07. The van der Waals surface area contributed by atoms with E-state index in [4.69, 9.17) is 5.73 Å². The van der Waals surface area contributed by atoms with E-state index in [9.17, 15) is 4.79 Å². The second kappa shape index (κ2) is 4.30. The third-order valence-corrected chi connectivity index (χ3v) is 2.86. The highest BCUT2D eigenvalue weighted by molar-refractivity contribution is 5.76. The molecule has 0 aromatic heterocycles. The predicted molar refractivity (Wildman–Crippen MR) is 57.9 cm³/mol. The van der Waals surface area contributed by atoms with E-state index in [1.165, 1.54) is 0 Å². The molecule has 0 aromatic carbocycles. The minimum absolute atomic E-state index is 0.224. The van der Waals surface area contributed by atoms with Crippen molar-refractivity contribution in [3.63, 3.8) is 0 Å². The molecule has 0 aromatic rings. The van der Waals surface area contributed by atoms with E-state index in [-0.39, 0.29) is 11.4 Å². The Morgan fingerprint density at radius 3 is 2.64 bits per heavy atom. The van der Waals surface area contributed by atoms with Gasteiger partial charge in [0.2, 0.25) is 5.91 Å². The van der Waals surface area contributed by atoms with Crippen molar-refractivity contribution in [3.05, 3.63) is 0 Å². The minimum Gasteiger partial charge on any atom is -0.340 e. The fourth-order valence-corrected chi connectivity index (χ4v) is 1.88. The first-order valence-corrected chi connectivity index (χ1v) is 5.48. The lowest BCUT2D eigenvalue weighted by molar-refractivity contribution is -0.132. The summed E-state index contributed by atoms with van der Waals surface area (Å²) in [7, 11) is 0. The Bertz CT molecular complexity index is 208. The molecule has 82 valence electrons. The maximum atomic E-state index is 11.8. The molecule has 1 aliphatic heterocycles. The third-order valence-electron chi connectivity index (χ3n) is 2.86. The van der Waals surface area contributed by atoms with Gasteiger partial charge in [0.05, 0.1) is 0 Å². The van der Waals surface area contributed by atoms with Crippen molar-refractivity contribution in [1.82, 2.24) is 4.90 Å². The Labute approximate surface area is 86.6 Å². The number of rotatable bonds is 3. The molecule has 1 amide bonds. The molecule has 1 fully saturated rings. The molecule has 0 radical (unpaired) electrons. The van der Waals surface area contributed by atoms with Crippen molar-refractivity contribution < 1.29 is 4.79 Å². The third kappa shape index (κ3) is 3.29. The smallest absolute Gasteiger partial charge is 0.222 e. The molecule has 0 spiro atoms. The van der Waals surface area contributed by atoms with Crippen LogP contribution in [0.15, 0.2) is 0 Å². The van der Waals surface area contributed by atoms with Gasteiger partial charge in [0.25, 0.3) is 0 Å². The summed E-state index contributed by atoms with van der Waals surface area (Å²) in [5.74, 6) is 0.272. The molecule has 2 N–H and O–H groups in total. The average molecular weight is 198 g/mol. The lowest BCUT2D eigenvalue weighted by Crippen LogP contribution is -2.37. The van der Waals surface area contributed by atoms with Gasteiger partial charge in [-0.3, -0.25) is 4.79 Å². The topological polar surface area (TPSA) is 46.3 Å². The highest BCUT2D eigenvalue weighted by atomic mass is 16.2. The monoisotopic (exact) mass is 198 g/mol. The molecule has 0 bridgehead atoms. The molecule has 3 nitrogen and oxygen atoms in total. The number of likely N-dealkylation sites (tertiary alicyclic amines) is 1. The first kappa shape index (κ1) is 11.5. The van der Waals surface area contributed by atoms with E-state index in [1.807, 2.05) is 18.7 Å². The molecular weight excluding hydrogens is 176 g/mol. The summed E-state index contributed by atoms with van der Waals surface area (Å²) in [6.45, 7) is 6.99. The lowest BCUT2D eigenvalue weighted by Gasteiger charge is -2.24. The van der Waals surface area contributed by atoms with Gasteiger partial charge in [0, 0.05) is 24.5 Å². The molecule has 1 saturated heterocycles. The summed E-state index contributed by atoms with van der Waals surface area (Å²) < 4.78 is 0. The standard InChI is InChI=1S/C11H22N2O/c1-9-5-4-8-13(9)10(14)6-7-11(2,3)12/h9H,4-8,12H2,1-3H3. The Morgan fingerprint density at radius 2 is 2.21 bits per heavy atom. The number of carbonyl (C=O) groups is 1. The maximum absolute atomic E-state index is 11.8. The molecule has 0 aliphatic carbocycles. The van der Waals surface area contributed by atoms with E-state index >= 15 is 0 Å². The van der Waals surface area contributed by atoms with Crippen LogP contribution in [0.4, 0.5) is 0 Å². The largest absolute Gasteiger partial charge is 0.340 e. The maximum Gasteiger partial charge on any atom is 0.222 e. The van der Waals surface area contributed by atoms with E-state index in [2.05, 4.69) is 6.92 Å². The van der Waals surface area contributed by atoms with Crippen LogP contribution in [-0.2, 0) is 4.79 Å². The number of hydrogen-bond donors (Lipinski definition) is 1. The van der Waals surface area contributed by atoms with Gasteiger partial charge in [-0.2, -0.15) is 0 Å². The van der Waals surface area contributed by atoms with Gasteiger partial charge in [-0.25, -0.2) is 0 Å². The van der Waals surface area contributed by atoms with Crippen LogP contribution >= 0.6 is 0 Å². The van der Waals surface area contributed by atoms with Gasteiger partial charge in [-0.1, -0.05) is 0 Å². The van der Waals surface area contributed by atoms with E-state index in [1.54, 1.807) is 0 Å². The molecule has 1 heterocycles. The Morgan fingerprint density at radius 1 is 1.57 bits per heavy atom. The Kier molecular flexibility index (Phi) is 3.53. The zero-order valence-electron chi connectivity index (χ0n) is 9.55. The van der Waals surface area contributed by atoms with Gasteiger partial charge in [0.15, 0.2) is 0 Å². The van der Waals surface area contributed by atoms with E-state index < -0.39 is 0 Å². The predicted octanol–water partition coefficient (Wildman–Crippen LogP) is 1.51. The lowest BCUT2D eigenvalue weighted by atomic mass is 9.99. The fraction of sp³-hybridized carbons (Fsp3) is 0.909. The molecular formula is C11H22N2O. The highest BCUT2D eigenvalue weighted by Gasteiger charge is 2.25. The Balaban J connectivity index is 2.35. The van der Waals surface area contributed by atoms with Crippen molar-refractivity contribution in [2.75, 3.05) is 6.54 Å². The first-order valence-electron chi connectivity index (χ1n) is 5.48. The minimum atomic E-state index is -0.224. The molecule has 1 unspecified atom stereocenters. The normalized spacial score (nSPS) is 22.9. The van der Waals surface area contributed by atoms with Crippen molar-refractivity contribution >= 4 is 5.91 Å². The average Bonchev–Trinajstić information content (AvgIpc) is 2.46. The summed E-state index contributed by atoms with van der Waals surface area (Å²) in [5.41, 5.74) is 5.62. The first-order chi connectivity index (χ1) is 6.40. The van der Waals surface area contributed by atoms with Crippen LogP contribution in [0.25, 0.3) is 0 Å². The molecule has 1 aliphatic rings. The van der Waals surface area contributed by atoms with Crippen LogP contribution in [0.1, 0.15) is 46.5 Å². The number of nitrogens with two attached hydrogens (primary N) is 1. The van der Waals surface area contributed by atoms with E-state index in [0.29, 0.717) is 12.5 Å². The zero-order chi connectivity index (χ0) is 10.8. The molecule has 3 heteroatoms.